The fourth-order valence-corrected chi connectivity index (χ4v) is 18.8. The molecule has 0 amide bonds. The van der Waals surface area contributed by atoms with Crippen LogP contribution in [0.3, 0.4) is 0 Å². The number of hydrogen-bond acceptors (Lipinski definition) is 0. The largest absolute Gasteiger partial charge is 0.0599 e. The minimum absolute atomic E-state index is 0.488. The molecule has 308 valence electrons. The van der Waals surface area contributed by atoms with E-state index in [-0.39, 0.29) is 0 Å². The molecule has 0 nitrogen and oxygen atoms in total. The molecule has 0 heteroatoms. The fourth-order valence-electron chi connectivity index (χ4n) is 18.8. The predicted molar refractivity (Wildman–Crippen MR) is 231 cm³/mol. The summed E-state index contributed by atoms with van der Waals surface area (Å²) in [6, 6.07) is 0. The maximum absolute atomic E-state index is 2.64. The topological polar surface area (TPSA) is 0 Å². The molecule has 0 radical (unpaired) electrons. The number of fused-ring (bicyclic) bond motifs is 2. The average Bonchev–Trinajstić information content (AvgIpc) is 3.23. The molecule has 0 spiro atoms. The predicted octanol–water partition coefficient (Wildman–Crippen LogP) is 16.5. The number of hydrogen-bond donors (Lipinski definition) is 0. The summed E-state index contributed by atoms with van der Waals surface area (Å²) in [5.41, 5.74) is 0.488. The Morgan fingerprint density at radius 3 is 0.944 bits per heavy atom. The van der Waals surface area contributed by atoms with Crippen molar-refractivity contribution in [1.29, 1.82) is 0 Å². The van der Waals surface area contributed by atoms with E-state index in [4.69, 9.17) is 0 Å². The fraction of sp³-hybridized carbons (Fsp3) is 1.00. The van der Waals surface area contributed by atoms with E-state index in [0.717, 1.165) is 101 Å². The molecule has 11 unspecified atom stereocenters. The Kier molecular flexibility index (Phi) is 12.9. The van der Waals surface area contributed by atoms with Gasteiger partial charge in [-0.25, -0.2) is 0 Å². The van der Waals surface area contributed by atoms with E-state index in [0.29, 0.717) is 5.41 Å². The van der Waals surface area contributed by atoms with Gasteiger partial charge in [0, 0.05) is 0 Å². The quantitative estimate of drug-likeness (QED) is 0.254. The minimum Gasteiger partial charge on any atom is -0.0599 e. The molecular formula is C54H92. The van der Waals surface area contributed by atoms with E-state index in [2.05, 4.69) is 20.8 Å². The summed E-state index contributed by atoms with van der Waals surface area (Å²) in [5, 5.41) is 0. The Morgan fingerprint density at radius 2 is 0.537 bits per heavy atom. The standard InChI is InChI=1S/C54H92/c1-54(2,3)43-34-35-50-51(36-43)53(47-23-13-11-21-45(47)42-32-28-40(29-33-42)38-18-8-5-9-19-38)49-25-15-14-24-48(49)52(50)46-22-12-10-20-44(46)41-30-26-39(27-31-41)37-16-6-4-7-17-37/h37-53H,4-36H2,1-3H3. The molecule has 9 aliphatic carbocycles. The molecule has 11 atom stereocenters. The maximum Gasteiger partial charge on any atom is -0.0321 e. The molecular weight excluding hydrogens is 649 g/mol. The van der Waals surface area contributed by atoms with Gasteiger partial charge in [0.05, 0.1) is 0 Å². The van der Waals surface area contributed by atoms with Gasteiger partial charge in [-0.05, 0) is 215 Å². The smallest absolute Gasteiger partial charge is 0.0321 e. The first-order valence-electron chi connectivity index (χ1n) is 26.4. The van der Waals surface area contributed by atoms with Crippen molar-refractivity contribution in [2.24, 2.45) is 106 Å². The average molecular weight is 741 g/mol. The van der Waals surface area contributed by atoms with Gasteiger partial charge in [-0.3, -0.25) is 0 Å². The summed E-state index contributed by atoms with van der Waals surface area (Å²) in [6.45, 7) is 7.93. The summed E-state index contributed by atoms with van der Waals surface area (Å²) in [7, 11) is 0. The van der Waals surface area contributed by atoms with Gasteiger partial charge in [-0.1, -0.05) is 124 Å². The molecule has 9 saturated carbocycles. The Bertz CT molecular complexity index is 1130. The Hall–Kier alpha value is 0. The van der Waals surface area contributed by atoms with Gasteiger partial charge in [0.1, 0.15) is 0 Å². The lowest BCUT2D eigenvalue weighted by Crippen LogP contribution is -2.57. The van der Waals surface area contributed by atoms with Crippen molar-refractivity contribution in [2.45, 2.75) is 233 Å². The van der Waals surface area contributed by atoms with Crippen molar-refractivity contribution in [1.82, 2.24) is 0 Å². The third-order valence-electron chi connectivity index (χ3n) is 21.2. The third kappa shape index (κ3) is 8.26. The van der Waals surface area contributed by atoms with Crippen LogP contribution in [0.1, 0.15) is 233 Å². The van der Waals surface area contributed by atoms with E-state index >= 15 is 0 Å². The van der Waals surface area contributed by atoms with Gasteiger partial charge < -0.3 is 0 Å². The Morgan fingerprint density at radius 1 is 0.241 bits per heavy atom. The van der Waals surface area contributed by atoms with Crippen LogP contribution in [0.2, 0.25) is 0 Å². The van der Waals surface area contributed by atoms with Crippen LogP contribution < -0.4 is 0 Å². The lowest BCUT2D eigenvalue weighted by molar-refractivity contribution is -0.148. The van der Waals surface area contributed by atoms with E-state index in [1.807, 2.05) is 0 Å². The van der Waals surface area contributed by atoms with Crippen LogP contribution >= 0.6 is 0 Å². The van der Waals surface area contributed by atoms with E-state index in [9.17, 15) is 0 Å². The van der Waals surface area contributed by atoms with Gasteiger partial charge in [-0.15, -0.1) is 0 Å². The summed E-state index contributed by atoms with van der Waals surface area (Å²) in [6.07, 6.45) is 52.5. The van der Waals surface area contributed by atoms with E-state index in [1.54, 1.807) is 199 Å². The molecule has 0 bridgehead atoms. The molecule has 0 aromatic carbocycles. The Labute approximate surface area is 337 Å². The highest BCUT2D eigenvalue weighted by molar-refractivity contribution is 5.07. The highest BCUT2D eigenvalue weighted by atomic mass is 14.6. The first kappa shape index (κ1) is 39.5. The monoisotopic (exact) mass is 741 g/mol. The van der Waals surface area contributed by atoms with Crippen LogP contribution in [-0.2, 0) is 0 Å². The zero-order valence-electron chi connectivity index (χ0n) is 36.6. The molecule has 9 aliphatic rings. The van der Waals surface area contributed by atoms with Crippen LogP contribution in [0.5, 0.6) is 0 Å². The lowest BCUT2D eigenvalue weighted by atomic mass is 9.42. The van der Waals surface area contributed by atoms with E-state index < -0.39 is 0 Å². The Balaban J connectivity index is 0.974. The molecule has 0 N–H and O–H groups in total. The van der Waals surface area contributed by atoms with E-state index in [1.165, 1.54) is 12.8 Å². The van der Waals surface area contributed by atoms with Gasteiger partial charge >= 0.3 is 0 Å². The molecule has 54 heavy (non-hydrogen) atoms. The summed E-state index contributed by atoms with van der Waals surface area (Å²) >= 11 is 0. The van der Waals surface area contributed by atoms with Gasteiger partial charge in [0.25, 0.3) is 0 Å². The number of rotatable bonds is 6. The van der Waals surface area contributed by atoms with Crippen molar-refractivity contribution < 1.29 is 0 Å². The molecule has 0 aromatic heterocycles. The van der Waals surface area contributed by atoms with Gasteiger partial charge in [0.2, 0.25) is 0 Å². The molecule has 9 rings (SSSR count). The highest BCUT2D eigenvalue weighted by Crippen LogP contribution is 2.66. The third-order valence-corrected chi connectivity index (χ3v) is 21.2. The molecule has 0 aliphatic heterocycles. The summed E-state index contributed by atoms with van der Waals surface area (Å²) in [5.74, 6) is 18.5. The molecule has 0 heterocycles. The first-order chi connectivity index (χ1) is 26.4. The van der Waals surface area contributed by atoms with Crippen LogP contribution in [0.25, 0.3) is 0 Å². The first-order valence-corrected chi connectivity index (χ1v) is 26.4. The molecule has 0 saturated heterocycles. The lowest BCUT2D eigenvalue weighted by Gasteiger charge is -2.63. The second kappa shape index (κ2) is 17.7. The van der Waals surface area contributed by atoms with Crippen molar-refractivity contribution in [3.8, 4) is 0 Å². The second-order valence-electron chi connectivity index (χ2n) is 24.3. The molecule has 0 aromatic rings. The van der Waals surface area contributed by atoms with Gasteiger partial charge in [-0.2, -0.15) is 0 Å². The SMILES string of the molecule is CC(C)(C)C1CCC2C(C1)C(C1CCCCC1C1CCC(C3CCCCC3)CC1)C1CCCCC1C2C1CCCCC1C1CCC(C2CCCCC2)CC1. The van der Waals surface area contributed by atoms with Crippen molar-refractivity contribution in [3.63, 3.8) is 0 Å². The van der Waals surface area contributed by atoms with Crippen molar-refractivity contribution >= 4 is 0 Å². The zero-order chi connectivity index (χ0) is 36.6. The zero-order valence-corrected chi connectivity index (χ0v) is 36.6. The summed E-state index contributed by atoms with van der Waals surface area (Å²) < 4.78 is 0. The van der Waals surface area contributed by atoms with Crippen LogP contribution in [0.4, 0.5) is 0 Å². The molecule has 9 fully saturated rings. The van der Waals surface area contributed by atoms with Crippen molar-refractivity contribution in [2.75, 3.05) is 0 Å². The van der Waals surface area contributed by atoms with Crippen LogP contribution in [-0.4, -0.2) is 0 Å². The second-order valence-corrected chi connectivity index (χ2v) is 24.3. The highest BCUT2D eigenvalue weighted by Gasteiger charge is 2.59. The van der Waals surface area contributed by atoms with Gasteiger partial charge in [0.15, 0.2) is 0 Å². The van der Waals surface area contributed by atoms with Crippen LogP contribution in [0, 0.1) is 106 Å². The summed E-state index contributed by atoms with van der Waals surface area (Å²) in [4.78, 5) is 0. The van der Waals surface area contributed by atoms with Crippen molar-refractivity contribution in [3.05, 3.63) is 0 Å². The minimum atomic E-state index is 0.488. The maximum atomic E-state index is 2.64. The normalized spacial score (nSPS) is 47.7. The van der Waals surface area contributed by atoms with Crippen LogP contribution in [0.15, 0.2) is 0 Å².